The minimum atomic E-state index is -0.219. The number of aryl methyl sites for hydroxylation is 3. The zero-order chi connectivity index (χ0) is 14.5. The van der Waals surface area contributed by atoms with Crippen LogP contribution in [0.25, 0.3) is 0 Å². The van der Waals surface area contributed by atoms with Crippen molar-refractivity contribution in [3.05, 3.63) is 53.2 Å². The van der Waals surface area contributed by atoms with Gasteiger partial charge in [0.05, 0.1) is 0 Å². The zero-order valence-corrected chi connectivity index (χ0v) is 11.9. The molecule has 0 radical (unpaired) electrons. The average molecular weight is 270 g/mol. The summed E-state index contributed by atoms with van der Waals surface area (Å²) < 4.78 is 5.52. The van der Waals surface area contributed by atoms with Crippen molar-refractivity contribution in [1.29, 1.82) is 0 Å². The summed E-state index contributed by atoms with van der Waals surface area (Å²) in [5.41, 5.74) is 3.24. The third-order valence-electron chi connectivity index (χ3n) is 2.87. The third kappa shape index (κ3) is 3.82. The van der Waals surface area contributed by atoms with E-state index in [1.165, 1.54) is 5.56 Å². The Kier molecular flexibility index (Phi) is 4.35. The van der Waals surface area contributed by atoms with E-state index in [-0.39, 0.29) is 12.5 Å². The molecule has 0 fully saturated rings. The summed E-state index contributed by atoms with van der Waals surface area (Å²) in [5.74, 6) is 1.05. The number of aromatic nitrogens is 1. The van der Waals surface area contributed by atoms with Crippen LogP contribution in [-0.2, 0) is 4.79 Å². The molecule has 2 rings (SSSR count). The fraction of sp³-hybridized carbons (Fsp3) is 0.250. The van der Waals surface area contributed by atoms with Crippen molar-refractivity contribution >= 4 is 11.7 Å². The van der Waals surface area contributed by atoms with Crippen molar-refractivity contribution < 1.29 is 9.53 Å². The van der Waals surface area contributed by atoms with Crippen molar-refractivity contribution in [2.45, 2.75) is 20.8 Å². The molecule has 2 aromatic rings. The van der Waals surface area contributed by atoms with Crippen LogP contribution in [0.5, 0.6) is 5.75 Å². The summed E-state index contributed by atoms with van der Waals surface area (Å²) in [6, 6.07) is 9.55. The molecule has 20 heavy (non-hydrogen) atoms. The van der Waals surface area contributed by atoms with E-state index in [1.54, 1.807) is 6.20 Å². The van der Waals surface area contributed by atoms with Gasteiger partial charge < -0.3 is 10.1 Å². The maximum atomic E-state index is 11.8. The Balaban J connectivity index is 1.92. The van der Waals surface area contributed by atoms with E-state index in [0.717, 1.165) is 16.9 Å². The average Bonchev–Trinajstić information content (AvgIpc) is 2.37. The van der Waals surface area contributed by atoms with Crippen LogP contribution in [0.1, 0.15) is 16.7 Å². The van der Waals surface area contributed by atoms with E-state index in [1.807, 2.05) is 51.1 Å². The molecule has 0 spiro atoms. The fourth-order valence-electron chi connectivity index (χ4n) is 1.89. The SMILES string of the molecule is Cc1ccnc(NC(=O)COc2ccc(C)cc2C)c1. The molecule has 4 nitrogen and oxygen atoms in total. The van der Waals surface area contributed by atoms with Gasteiger partial charge in [0, 0.05) is 6.20 Å². The molecule has 0 saturated heterocycles. The molecule has 1 amide bonds. The molecular formula is C16H18N2O2. The van der Waals surface area contributed by atoms with Crippen molar-refractivity contribution in [3.8, 4) is 5.75 Å². The minimum Gasteiger partial charge on any atom is -0.483 e. The Bertz CT molecular complexity index is 624. The van der Waals surface area contributed by atoms with Gasteiger partial charge in [-0.15, -0.1) is 0 Å². The second kappa shape index (κ2) is 6.19. The number of nitrogens with one attached hydrogen (secondary N) is 1. The standard InChI is InChI=1S/C16H18N2O2/c1-11-4-5-14(13(3)8-11)20-10-16(19)18-15-9-12(2)6-7-17-15/h4-9H,10H2,1-3H3,(H,17,18,19). The number of hydrogen-bond donors (Lipinski definition) is 1. The first-order chi connectivity index (χ1) is 9.54. The molecule has 0 saturated carbocycles. The lowest BCUT2D eigenvalue weighted by Crippen LogP contribution is -2.21. The van der Waals surface area contributed by atoms with E-state index in [2.05, 4.69) is 10.3 Å². The molecule has 4 heteroatoms. The number of hydrogen-bond acceptors (Lipinski definition) is 3. The molecule has 0 aliphatic heterocycles. The lowest BCUT2D eigenvalue weighted by atomic mass is 10.1. The summed E-state index contributed by atoms with van der Waals surface area (Å²) in [5, 5.41) is 2.71. The number of carbonyl (C=O) groups is 1. The van der Waals surface area contributed by atoms with E-state index in [9.17, 15) is 4.79 Å². The van der Waals surface area contributed by atoms with Gasteiger partial charge in [-0.2, -0.15) is 0 Å². The fourth-order valence-corrected chi connectivity index (χ4v) is 1.89. The molecule has 104 valence electrons. The van der Waals surface area contributed by atoms with Crippen LogP contribution < -0.4 is 10.1 Å². The van der Waals surface area contributed by atoms with Crippen LogP contribution in [0.2, 0.25) is 0 Å². The number of rotatable bonds is 4. The summed E-state index contributed by atoms with van der Waals surface area (Å²) in [6.45, 7) is 5.90. The van der Waals surface area contributed by atoms with Gasteiger partial charge in [0.1, 0.15) is 11.6 Å². The van der Waals surface area contributed by atoms with Crippen LogP contribution in [0.4, 0.5) is 5.82 Å². The number of nitrogens with zero attached hydrogens (tertiary/aromatic N) is 1. The lowest BCUT2D eigenvalue weighted by Gasteiger charge is -2.10. The number of pyridine rings is 1. The third-order valence-corrected chi connectivity index (χ3v) is 2.87. The molecule has 0 bridgehead atoms. The quantitative estimate of drug-likeness (QED) is 0.929. The summed E-state index contributed by atoms with van der Waals surface area (Å²) in [4.78, 5) is 15.9. The molecule has 0 aliphatic rings. The van der Waals surface area contributed by atoms with Crippen molar-refractivity contribution in [3.63, 3.8) is 0 Å². The van der Waals surface area contributed by atoms with E-state index in [4.69, 9.17) is 4.74 Å². The summed E-state index contributed by atoms with van der Waals surface area (Å²) in [7, 11) is 0. The van der Waals surface area contributed by atoms with Crippen molar-refractivity contribution in [2.24, 2.45) is 0 Å². The van der Waals surface area contributed by atoms with Crippen LogP contribution in [0.3, 0.4) is 0 Å². The van der Waals surface area contributed by atoms with E-state index < -0.39 is 0 Å². The first-order valence-electron chi connectivity index (χ1n) is 6.47. The largest absolute Gasteiger partial charge is 0.483 e. The number of ether oxygens (including phenoxy) is 1. The number of carbonyl (C=O) groups excluding carboxylic acids is 1. The smallest absolute Gasteiger partial charge is 0.263 e. The molecule has 0 atom stereocenters. The minimum absolute atomic E-state index is 0.0283. The van der Waals surface area contributed by atoms with Gasteiger partial charge in [0.15, 0.2) is 6.61 Å². The second-order valence-electron chi connectivity index (χ2n) is 4.82. The molecule has 1 aromatic heterocycles. The van der Waals surface area contributed by atoms with Crippen LogP contribution in [-0.4, -0.2) is 17.5 Å². The molecule has 0 aliphatic carbocycles. The van der Waals surface area contributed by atoms with Crippen molar-refractivity contribution in [2.75, 3.05) is 11.9 Å². The summed E-state index contributed by atoms with van der Waals surface area (Å²) >= 11 is 0. The maximum Gasteiger partial charge on any atom is 0.263 e. The van der Waals surface area contributed by atoms with Crippen molar-refractivity contribution in [1.82, 2.24) is 4.98 Å². The van der Waals surface area contributed by atoms with Gasteiger partial charge in [-0.25, -0.2) is 4.98 Å². The Morgan fingerprint density at radius 2 is 1.90 bits per heavy atom. The first-order valence-corrected chi connectivity index (χ1v) is 6.47. The molecule has 0 unspecified atom stereocenters. The highest BCUT2D eigenvalue weighted by molar-refractivity contribution is 5.91. The zero-order valence-electron chi connectivity index (χ0n) is 11.9. The Morgan fingerprint density at radius 3 is 2.60 bits per heavy atom. The first kappa shape index (κ1) is 14.1. The van der Waals surface area contributed by atoms with Gasteiger partial charge >= 0.3 is 0 Å². The summed E-state index contributed by atoms with van der Waals surface area (Å²) in [6.07, 6.45) is 1.66. The second-order valence-corrected chi connectivity index (χ2v) is 4.82. The Labute approximate surface area is 118 Å². The Hall–Kier alpha value is -2.36. The van der Waals surface area contributed by atoms with E-state index >= 15 is 0 Å². The van der Waals surface area contributed by atoms with Gasteiger partial charge in [0.2, 0.25) is 0 Å². The molecule has 1 N–H and O–H groups in total. The maximum absolute atomic E-state index is 11.8. The number of amides is 1. The highest BCUT2D eigenvalue weighted by atomic mass is 16.5. The highest BCUT2D eigenvalue weighted by Gasteiger charge is 2.06. The molecule has 1 heterocycles. The monoisotopic (exact) mass is 270 g/mol. The van der Waals surface area contributed by atoms with E-state index in [0.29, 0.717) is 5.82 Å². The highest BCUT2D eigenvalue weighted by Crippen LogP contribution is 2.18. The lowest BCUT2D eigenvalue weighted by molar-refractivity contribution is -0.118. The predicted octanol–water partition coefficient (Wildman–Crippen LogP) is 3.02. The van der Waals surface area contributed by atoms with Gasteiger partial charge in [-0.3, -0.25) is 4.79 Å². The molecule has 1 aromatic carbocycles. The van der Waals surface area contributed by atoms with Crippen LogP contribution in [0.15, 0.2) is 36.5 Å². The number of anilines is 1. The van der Waals surface area contributed by atoms with Gasteiger partial charge in [0.25, 0.3) is 5.91 Å². The van der Waals surface area contributed by atoms with Gasteiger partial charge in [-0.05, 0) is 50.1 Å². The normalized spacial score (nSPS) is 10.2. The topological polar surface area (TPSA) is 51.2 Å². The Morgan fingerprint density at radius 1 is 1.15 bits per heavy atom. The molecular weight excluding hydrogens is 252 g/mol. The van der Waals surface area contributed by atoms with Gasteiger partial charge in [-0.1, -0.05) is 17.7 Å². The predicted molar refractivity (Wildman–Crippen MR) is 79.0 cm³/mol. The van der Waals surface area contributed by atoms with Crippen LogP contribution in [0, 0.1) is 20.8 Å². The number of benzene rings is 1. The van der Waals surface area contributed by atoms with Crippen LogP contribution >= 0.6 is 0 Å².